The normalized spacial score (nSPS) is 23.8. The van der Waals surface area contributed by atoms with Crippen LogP contribution in [-0.2, 0) is 22.6 Å². The minimum absolute atomic E-state index is 0.262. The predicted molar refractivity (Wildman–Crippen MR) is 67.0 cm³/mol. The Hall–Kier alpha value is -0.910. The van der Waals surface area contributed by atoms with E-state index in [1.54, 1.807) is 0 Å². The quantitative estimate of drug-likeness (QED) is 0.810. The molecule has 0 aromatic carbocycles. The maximum absolute atomic E-state index is 5.74. The zero-order valence-corrected chi connectivity index (χ0v) is 11.0. The first kappa shape index (κ1) is 12.1. The molecule has 2 aliphatic heterocycles. The zero-order valence-electron chi connectivity index (χ0n) is 11.0. The van der Waals surface area contributed by atoms with Crippen LogP contribution in [0.4, 0.5) is 0 Å². The summed E-state index contributed by atoms with van der Waals surface area (Å²) in [5.41, 5.74) is 1.29. The molecule has 0 saturated carbocycles. The number of rotatable bonds is 3. The Kier molecular flexibility index (Phi) is 3.37. The monoisotopic (exact) mass is 251 g/mol. The summed E-state index contributed by atoms with van der Waals surface area (Å²) in [5, 5.41) is 0. The second-order valence-corrected chi connectivity index (χ2v) is 5.05. The molecule has 2 saturated heterocycles. The maximum Gasteiger partial charge on any atom is 0.170 e. The lowest BCUT2D eigenvalue weighted by Gasteiger charge is -2.37. The van der Waals surface area contributed by atoms with Gasteiger partial charge >= 0.3 is 0 Å². The highest BCUT2D eigenvalue weighted by atomic mass is 16.7. The molecule has 2 aliphatic rings. The predicted octanol–water partition coefficient (Wildman–Crippen LogP) is 1.24. The zero-order chi connectivity index (χ0) is 12.4. The van der Waals surface area contributed by atoms with Gasteiger partial charge in [0.15, 0.2) is 5.79 Å². The van der Waals surface area contributed by atoms with E-state index in [-0.39, 0.29) is 5.79 Å². The van der Waals surface area contributed by atoms with Gasteiger partial charge in [-0.2, -0.15) is 0 Å². The first-order valence-corrected chi connectivity index (χ1v) is 6.81. The molecular weight excluding hydrogens is 230 g/mol. The number of aryl methyl sites for hydroxylation is 1. The lowest BCUT2D eigenvalue weighted by atomic mass is 10.0. The molecule has 3 heterocycles. The van der Waals surface area contributed by atoms with E-state index in [1.807, 2.05) is 12.5 Å². The van der Waals surface area contributed by atoms with Crippen LogP contribution in [0.15, 0.2) is 12.5 Å². The molecule has 5 heteroatoms. The maximum atomic E-state index is 5.74. The fourth-order valence-electron chi connectivity index (χ4n) is 2.83. The molecule has 0 amide bonds. The molecule has 1 aromatic rings. The van der Waals surface area contributed by atoms with Crippen molar-refractivity contribution < 1.29 is 9.47 Å². The summed E-state index contributed by atoms with van der Waals surface area (Å²) in [7, 11) is 0. The molecule has 3 rings (SSSR count). The smallest absolute Gasteiger partial charge is 0.170 e. The Labute approximate surface area is 108 Å². The molecule has 0 bridgehead atoms. The van der Waals surface area contributed by atoms with Crippen LogP contribution in [-0.4, -0.2) is 46.5 Å². The molecule has 0 aliphatic carbocycles. The van der Waals surface area contributed by atoms with Crippen LogP contribution in [0.2, 0.25) is 0 Å². The van der Waals surface area contributed by atoms with Gasteiger partial charge in [-0.15, -0.1) is 0 Å². The topological polar surface area (TPSA) is 39.5 Å². The van der Waals surface area contributed by atoms with Gasteiger partial charge in [0.1, 0.15) is 0 Å². The van der Waals surface area contributed by atoms with Gasteiger partial charge in [0.2, 0.25) is 0 Å². The molecule has 1 spiro atoms. The van der Waals surface area contributed by atoms with Crippen molar-refractivity contribution in [3.63, 3.8) is 0 Å². The minimum atomic E-state index is -0.262. The van der Waals surface area contributed by atoms with E-state index in [2.05, 4.69) is 21.4 Å². The molecule has 0 atom stereocenters. The molecule has 18 heavy (non-hydrogen) atoms. The second-order valence-electron chi connectivity index (χ2n) is 5.05. The Morgan fingerprint density at radius 2 is 2.00 bits per heavy atom. The summed E-state index contributed by atoms with van der Waals surface area (Å²) in [4.78, 5) is 6.67. The lowest BCUT2D eigenvalue weighted by molar-refractivity contribution is -0.185. The first-order chi connectivity index (χ1) is 8.81. The minimum Gasteiger partial charge on any atom is -0.347 e. The Bertz CT molecular complexity index is 389. The van der Waals surface area contributed by atoms with Crippen LogP contribution in [0.5, 0.6) is 0 Å². The molecule has 0 unspecified atom stereocenters. The Balaban J connectivity index is 1.57. The standard InChI is InChI=1S/C13H21N3O2/c1-2-16-11-14-9-12(16)10-15-5-3-13(4-6-15)17-7-8-18-13/h9,11H,2-8,10H2,1H3. The number of piperidine rings is 1. The third kappa shape index (κ3) is 2.30. The number of hydrogen-bond acceptors (Lipinski definition) is 4. The number of likely N-dealkylation sites (tertiary alicyclic amines) is 1. The SMILES string of the molecule is CCn1cncc1CN1CCC2(CC1)OCCO2. The van der Waals surface area contributed by atoms with Crippen molar-refractivity contribution >= 4 is 0 Å². The summed E-state index contributed by atoms with van der Waals surface area (Å²) < 4.78 is 13.7. The molecule has 5 nitrogen and oxygen atoms in total. The lowest BCUT2D eigenvalue weighted by Crippen LogP contribution is -2.44. The van der Waals surface area contributed by atoms with Gasteiger partial charge in [0.05, 0.1) is 25.2 Å². The summed E-state index contributed by atoms with van der Waals surface area (Å²) in [6.45, 7) is 7.69. The van der Waals surface area contributed by atoms with E-state index in [4.69, 9.17) is 9.47 Å². The van der Waals surface area contributed by atoms with Crippen molar-refractivity contribution in [3.8, 4) is 0 Å². The second kappa shape index (κ2) is 4.99. The van der Waals surface area contributed by atoms with E-state index in [1.165, 1.54) is 5.69 Å². The molecule has 0 N–H and O–H groups in total. The van der Waals surface area contributed by atoms with Crippen LogP contribution in [0.25, 0.3) is 0 Å². The summed E-state index contributed by atoms with van der Waals surface area (Å²) in [6.07, 6.45) is 5.83. The average Bonchev–Trinajstić information content (AvgIpc) is 3.02. The fourth-order valence-corrected chi connectivity index (χ4v) is 2.83. The van der Waals surface area contributed by atoms with E-state index in [0.717, 1.165) is 52.2 Å². The molecule has 1 aromatic heterocycles. The van der Waals surface area contributed by atoms with Crippen molar-refractivity contribution in [2.24, 2.45) is 0 Å². The van der Waals surface area contributed by atoms with Crippen molar-refractivity contribution in [1.29, 1.82) is 0 Å². The van der Waals surface area contributed by atoms with Gasteiger partial charge in [0.25, 0.3) is 0 Å². The van der Waals surface area contributed by atoms with Crippen LogP contribution >= 0.6 is 0 Å². The highest BCUT2D eigenvalue weighted by Crippen LogP contribution is 2.31. The molecule has 0 radical (unpaired) electrons. The largest absolute Gasteiger partial charge is 0.347 e. The fraction of sp³-hybridized carbons (Fsp3) is 0.769. The van der Waals surface area contributed by atoms with Crippen LogP contribution in [0.3, 0.4) is 0 Å². The Morgan fingerprint density at radius 3 is 2.67 bits per heavy atom. The van der Waals surface area contributed by atoms with Crippen molar-refractivity contribution in [3.05, 3.63) is 18.2 Å². The third-order valence-corrected chi connectivity index (χ3v) is 3.96. The first-order valence-electron chi connectivity index (χ1n) is 6.81. The van der Waals surface area contributed by atoms with Gasteiger partial charge < -0.3 is 14.0 Å². The summed E-state index contributed by atoms with van der Waals surface area (Å²) in [6, 6.07) is 0. The molecule has 100 valence electrons. The van der Waals surface area contributed by atoms with E-state index < -0.39 is 0 Å². The third-order valence-electron chi connectivity index (χ3n) is 3.96. The van der Waals surface area contributed by atoms with Crippen molar-refractivity contribution in [2.45, 2.75) is 38.6 Å². The van der Waals surface area contributed by atoms with Gasteiger partial charge in [-0.3, -0.25) is 4.90 Å². The number of nitrogens with zero attached hydrogens (tertiary/aromatic N) is 3. The van der Waals surface area contributed by atoms with Crippen LogP contribution in [0.1, 0.15) is 25.5 Å². The number of aromatic nitrogens is 2. The van der Waals surface area contributed by atoms with E-state index in [9.17, 15) is 0 Å². The van der Waals surface area contributed by atoms with Gasteiger partial charge in [-0.1, -0.05) is 0 Å². The van der Waals surface area contributed by atoms with Crippen molar-refractivity contribution in [1.82, 2.24) is 14.5 Å². The van der Waals surface area contributed by atoms with Gasteiger partial charge in [-0.25, -0.2) is 4.98 Å². The van der Waals surface area contributed by atoms with Gasteiger partial charge in [-0.05, 0) is 6.92 Å². The summed E-state index contributed by atoms with van der Waals surface area (Å²) in [5.74, 6) is -0.262. The van der Waals surface area contributed by atoms with Crippen LogP contribution < -0.4 is 0 Å². The van der Waals surface area contributed by atoms with Crippen LogP contribution in [0, 0.1) is 0 Å². The average molecular weight is 251 g/mol. The highest BCUT2D eigenvalue weighted by Gasteiger charge is 2.39. The molecule has 2 fully saturated rings. The summed E-state index contributed by atoms with van der Waals surface area (Å²) >= 11 is 0. The van der Waals surface area contributed by atoms with Gasteiger partial charge in [0, 0.05) is 45.2 Å². The molecular formula is C13H21N3O2. The van der Waals surface area contributed by atoms with E-state index >= 15 is 0 Å². The number of hydrogen-bond donors (Lipinski definition) is 0. The highest BCUT2D eigenvalue weighted by molar-refractivity contribution is 4.99. The number of ether oxygens (including phenoxy) is 2. The van der Waals surface area contributed by atoms with E-state index in [0.29, 0.717) is 0 Å². The van der Waals surface area contributed by atoms with Crippen molar-refractivity contribution in [2.75, 3.05) is 26.3 Å². The Morgan fingerprint density at radius 1 is 1.28 bits per heavy atom. The number of imidazole rings is 1.